The summed E-state index contributed by atoms with van der Waals surface area (Å²) in [7, 11) is 0. The minimum atomic E-state index is -0.192. The summed E-state index contributed by atoms with van der Waals surface area (Å²) in [5.74, 6) is -0.192. The van der Waals surface area contributed by atoms with E-state index in [2.05, 4.69) is 15.9 Å². The zero-order valence-electron chi connectivity index (χ0n) is 4.91. The lowest BCUT2D eigenvalue weighted by atomic mass is 10.4. The standard InChI is InChI=1S/C6H8BrF/c1-3-4-6(7)5(2)8/h3-4H,1-2H3. The smallest absolute Gasteiger partial charge is 0.111 e. The van der Waals surface area contributed by atoms with Crippen molar-refractivity contribution >= 4 is 15.9 Å². The number of rotatable bonds is 1. The zero-order valence-corrected chi connectivity index (χ0v) is 6.50. The maximum atomic E-state index is 12.1. The van der Waals surface area contributed by atoms with E-state index in [1.54, 1.807) is 12.2 Å². The highest BCUT2D eigenvalue weighted by molar-refractivity contribution is 9.11. The van der Waals surface area contributed by atoms with E-state index in [0.717, 1.165) is 0 Å². The third-order valence-electron chi connectivity index (χ3n) is 0.642. The molecule has 0 bridgehead atoms. The lowest BCUT2D eigenvalue weighted by Crippen LogP contribution is -1.64. The summed E-state index contributed by atoms with van der Waals surface area (Å²) in [6.07, 6.45) is 3.43. The van der Waals surface area contributed by atoms with E-state index < -0.39 is 0 Å². The van der Waals surface area contributed by atoms with Gasteiger partial charge in [-0.25, -0.2) is 4.39 Å². The molecule has 0 aliphatic rings. The highest BCUT2D eigenvalue weighted by Crippen LogP contribution is 2.13. The number of hydrogen-bond donors (Lipinski definition) is 0. The second-order valence-electron chi connectivity index (χ2n) is 1.38. The predicted molar refractivity (Wildman–Crippen MR) is 37.5 cm³/mol. The van der Waals surface area contributed by atoms with E-state index in [9.17, 15) is 4.39 Å². The summed E-state index contributed by atoms with van der Waals surface area (Å²) in [5.41, 5.74) is 0. The van der Waals surface area contributed by atoms with Crippen LogP contribution in [0.3, 0.4) is 0 Å². The topological polar surface area (TPSA) is 0 Å². The normalized spacial score (nSPS) is 14.5. The summed E-state index contributed by atoms with van der Waals surface area (Å²) in [6.45, 7) is 3.24. The third-order valence-corrected chi connectivity index (χ3v) is 1.45. The van der Waals surface area contributed by atoms with Gasteiger partial charge >= 0.3 is 0 Å². The van der Waals surface area contributed by atoms with Gasteiger partial charge in [0.2, 0.25) is 0 Å². The SMILES string of the molecule is CC=CC(Br)=C(C)F. The average molecular weight is 179 g/mol. The monoisotopic (exact) mass is 178 g/mol. The first-order valence-corrected chi connectivity index (χ1v) is 3.12. The van der Waals surface area contributed by atoms with Gasteiger partial charge in [0.05, 0.1) is 0 Å². The Bertz CT molecular complexity index is 120. The molecular formula is C6H8BrF. The molecule has 2 heteroatoms. The van der Waals surface area contributed by atoms with Crippen LogP contribution in [0.2, 0.25) is 0 Å². The first-order chi connectivity index (χ1) is 3.68. The molecule has 0 aromatic rings. The lowest BCUT2D eigenvalue weighted by Gasteiger charge is -1.85. The van der Waals surface area contributed by atoms with Crippen LogP contribution in [0.15, 0.2) is 22.5 Å². The molecule has 0 saturated heterocycles. The van der Waals surface area contributed by atoms with Crippen LogP contribution >= 0.6 is 15.9 Å². The van der Waals surface area contributed by atoms with Crippen molar-refractivity contribution in [2.45, 2.75) is 13.8 Å². The largest absolute Gasteiger partial charge is 0.211 e. The number of halogens is 2. The Morgan fingerprint density at radius 3 is 2.25 bits per heavy atom. The molecule has 0 saturated carbocycles. The van der Waals surface area contributed by atoms with Crippen molar-refractivity contribution in [1.82, 2.24) is 0 Å². The molecule has 46 valence electrons. The molecule has 0 unspecified atom stereocenters. The van der Waals surface area contributed by atoms with Crippen molar-refractivity contribution in [3.8, 4) is 0 Å². The molecule has 0 aromatic carbocycles. The van der Waals surface area contributed by atoms with Crippen molar-refractivity contribution in [2.24, 2.45) is 0 Å². The molecule has 0 aliphatic carbocycles. The van der Waals surface area contributed by atoms with Crippen LogP contribution in [0.4, 0.5) is 4.39 Å². The zero-order chi connectivity index (χ0) is 6.57. The van der Waals surface area contributed by atoms with Gasteiger partial charge in [0.1, 0.15) is 5.83 Å². The number of hydrogen-bond acceptors (Lipinski definition) is 0. The maximum Gasteiger partial charge on any atom is 0.111 e. The first-order valence-electron chi connectivity index (χ1n) is 2.33. The Kier molecular flexibility index (Phi) is 3.79. The van der Waals surface area contributed by atoms with Gasteiger partial charge in [-0.2, -0.15) is 0 Å². The third kappa shape index (κ3) is 2.97. The predicted octanol–water partition coefficient (Wildman–Crippen LogP) is 3.16. The summed E-state index contributed by atoms with van der Waals surface area (Å²) in [5, 5.41) is 0. The minimum Gasteiger partial charge on any atom is -0.211 e. The van der Waals surface area contributed by atoms with Crippen molar-refractivity contribution in [2.75, 3.05) is 0 Å². The van der Waals surface area contributed by atoms with Crippen LogP contribution in [0, 0.1) is 0 Å². The minimum absolute atomic E-state index is 0.192. The summed E-state index contributed by atoms with van der Waals surface area (Å²) >= 11 is 3.02. The van der Waals surface area contributed by atoms with Gasteiger partial charge in [0, 0.05) is 4.48 Å². The van der Waals surface area contributed by atoms with Crippen molar-refractivity contribution in [3.05, 3.63) is 22.5 Å². The van der Waals surface area contributed by atoms with E-state index in [1.165, 1.54) is 6.92 Å². The summed E-state index contributed by atoms with van der Waals surface area (Å²) < 4.78 is 12.6. The molecule has 8 heavy (non-hydrogen) atoms. The van der Waals surface area contributed by atoms with Gasteiger partial charge in [-0.15, -0.1) is 0 Å². The van der Waals surface area contributed by atoms with Crippen molar-refractivity contribution < 1.29 is 4.39 Å². The van der Waals surface area contributed by atoms with Gasteiger partial charge in [0.15, 0.2) is 0 Å². The summed E-state index contributed by atoms with van der Waals surface area (Å²) in [4.78, 5) is 0. The second-order valence-corrected chi connectivity index (χ2v) is 2.24. The molecule has 0 nitrogen and oxygen atoms in total. The Labute approximate surface area is 57.2 Å². The molecule has 0 amide bonds. The molecule has 0 spiro atoms. The van der Waals surface area contributed by atoms with Gasteiger partial charge < -0.3 is 0 Å². The molecule has 0 radical (unpaired) electrons. The van der Waals surface area contributed by atoms with Gasteiger partial charge in [-0.1, -0.05) is 6.08 Å². The Morgan fingerprint density at radius 2 is 2.12 bits per heavy atom. The highest BCUT2D eigenvalue weighted by Gasteiger charge is 1.88. The fourth-order valence-corrected chi connectivity index (χ4v) is 0.525. The molecular weight excluding hydrogens is 171 g/mol. The van der Waals surface area contributed by atoms with Gasteiger partial charge in [0.25, 0.3) is 0 Å². The van der Waals surface area contributed by atoms with Gasteiger partial charge in [-0.05, 0) is 35.9 Å². The van der Waals surface area contributed by atoms with E-state index in [0.29, 0.717) is 4.48 Å². The molecule has 0 heterocycles. The van der Waals surface area contributed by atoms with E-state index >= 15 is 0 Å². The van der Waals surface area contributed by atoms with Gasteiger partial charge in [-0.3, -0.25) is 0 Å². The van der Waals surface area contributed by atoms with Crippen molar-refractivity contribution in [1.29, 1.82) is 0 Å². The molecule has 0 aromatic heterocycles. The molecule has 0 atom stereocenters. The first kappa shape index (κ1) is 7.89. The summed E-state index contributed by atoms with van der Waals surface area (Å²) in [6, 6.07) is 0. The molecule has 0 rings (SSSR count). The van der Waals surface area contributed by atoms with Crippen LogP contribution < -0.4 is 0 Å². The molecule has 0 fully saturated rings. The van der Waals surface area contributed by atoms with Crippen molar-refractivity contribution in [3.63, 3.8) is 0 Å². The maximum absolute atomic E-state index is 12.1. The Balaban J connectivity index is 4.00. The fourth-order valence-electron chi connectivity index (χ4n) is 0.261. The van der Waals surface area contributed by atoms with E-state index in [4.69, 9.17) is 0 Å². The van der Waals surface area contributed by atoms with Crippen LogP contribution in [0.5, 0.6) is 0 Å². The van der Waals surface area contributed by atoms with E-state index in [-0.39, 0.29) is 5.83 Å². The lowest BCUT2D eigenvalue weighted by molar-refractivity contribution is 0.639. The quantitative estimate of drug-likeness (QED) is 0.542. The van der Waals surface area contributed by atoms with Crippen LogP contribution in [-0.4, -0.2) is 0 Å². The molecule has 0 aliphatic heterocycles. The average Bonchev–Trinajstić information content (AvgIpc) is 1.67. The second kappa shape index (κ2) is 3.84. The van der Waals surface area contributed by atoms with Crippen LogP contribution in [0.1, 0.15) is 13.8 Å². The Morgan fingerprint density at radius 1 is 1.62 bits per heavy atom. The fraction of sp³-hybridized carbons (Fsp3) is 0.333. The van der Waals surface area contributed by atoms with Crippen LogP contribution in [-0.2, 0) is 0 Å². The number of allylic oxidation sites excluding steroid dienone is 4. The van der Waals surface area contributed by atoms with Crippen LogP contribution in [0.25, 0.3) is 0 Å². The highest BCUT2D eigenvalue weighted by atomic mass is 79.9. The molecule has 0 N–H and O–H groups in total. The van der Waals surface area contributed by atoms with E-state index in [1.807, 2.05) is 6.92 Å². The Hall–Kier alpha value is -0.110.